The van der Waals surface area contributed by atoms with E-state index in [1.807, 2.05) is 0 Å². The SMILES string of the molecule is CCS(=O)(=O)NCCNC1CCOC1. The smallest absolute Gasteiger partial charge is 0.211 e. The number of nitrogens with one attached hydrogen (secondary N) is 2. The lowest BCUT2D eigenvalue weighted by Gasteiger charge is -2.10. The average molecular weight is 222 g/mol. The van der Waals surface area contributed by atoms with Gasteiger partial charge in [-0.15, -0.1) is 0 Å². The third kappa shape index (κ3) is 4.36. The highest BCUT2D eigenvalue weighted by atomic mass is 32.2. The normalized spacial score (nSPS) is 22.8. The quantitative estimate of drug-likeness (QED) is 0.583. The molecule has 1 atom stereocenters. The highest BCUT2D eigenvalue weighted by Gasteiger charge is 2.14. The molecule has 14 heavy (non-hydrogen) atoms. The number of rotatable bonds is 6. The van der Waals surface area contributed by atoms with Crippen LogP contribution < -0.4 is 10.0 Å². The fourth-order valence-corrected chi connectivity index (χ4v) is 1.90. The predicted molar refractivity (Wildman–Crippen MR) is 54.7 cm³/mol. The minimum atomic E-state index is -3.04. The minimum Gasteiger partial charge on any atom is -0.380 e. The molecule has 0 aromatic heterocycles. The van der Waals surface area contributed by atoms with E-state index in [0.717, 1.165) is 19.6 Å². The largest absolute Gasteiger partial charge is 0.380 e. The molecule has 0 aliphatic carbocycles. The van der Waals surface area contributed by atoms with Gasteiger partial charge >= 0.3 is 0 Å². The van der Waals surface area contributed by atoms with Crippen molar-refractivity contribution >= 4 is 10.0 Å². The van der Waals surface area contributed by atoms with E-state index in [1.165, 1.54) is 0 Å². The van der Waals surface area contributed by atoms with Crippen molar-refractivity contribution in [1.29, 1.82) is 0 Å². The lowest BCUT2D eigenvalue weighted by atomic mass is 10.3. The molecule has 1 fully saturated rings. The topological polar surface area (TPSA) is 67.4 Å². The molecule has 2 N–H and O–H groups in total. The molecule has 5 nitrogen and oxygen atoms in total. The molecular weight excluding hydrogens is 204 g/mol. The molecule has 0 bridgehead atoms. The van der Waals surface area contributed by atoms with Crippen molar-refractivity contribution in [2.45, 2.75) is 19.4 Å². The van der Waals surface area contributed by atoms with E-state index >= 15 is 0 Å². The van der Waals surface area contributed by atoms with Crippen LogP contribution in [0, 0.1) is 0 Å². The summed E-state index contributed by atoms with van der Waals surface area (Å²) in [4.78, 5) is 0. The van der Waals surface area contributed by atoms with Gasteiger partial charge in [-0.1, -0.05) is 0 Å². The van der Waals surface area contributed by atoms with Gasteiger partial charge in [0.15, 0.2) is 0 Å². The fraction of sp³-hybridized carbons (Fsp3) is 1.00. The third-order valence-corrected chi connectivity index (χ3v) is 3.59. The van der Waals surface area contributed by atoms with Crippen LogP contribution in [-0.4, -0.2) is 46.5 Å². The van der Waals surface area contributed by atoms with Crippen LogP contribution in [0.25, 0.3) is 0 Å². The van der Waals surface area contributed by atoms with Gasteiger partial charge in [-0.25, -0.2) is 13.1 Å². The van der Waals surface area contributed by atoms with Crippen LogP contribution in [-0.2, 0) is 14.8 Å². The molecule has 0 spiro atoms. The van der Waals surface area contributed by atoms with Crippen LogP contribution in [0.5, 0.6) is 0 Å². The Morgan fingerprint density at radius 1 is 1.43 bits per heavy atom. The summed E-state index contributed by atoms with van der Waals surface area (Å²) < 4.78 is 29.7. The molecule has 1 unspecified atom stereocenters. The second-order valence-electron chi connectivity index (χ2n) is 3.31. The van der Waals surface area contributed by atoms with E-state index in [1.54, 1.807) is 6.92 Å². The van der Waals surface area contributed by atoms with Crippen molar-refractivity contribution in [3.8, 4) is 0 Å². The third-order valence-electron chi connectivity index (χ3n) is 2.19. The molecule has 0 aromatic carbocycles. The molecular formula is C8H18N2O3S. The van der Waals surface area contributed by atoms with Crippen molar-refractivity contribution < 1.29 is 13.2 Å². The predicted octanol–water partition coefficient (Wildman–Crippen LogP) is -0.696. The van der Waals surface area contributed by atoms with E-state index < -0.39 is 10.0 Å². The van der Waals surface area contributed by atoms with Gasteiger partial charge in [0, 0.05) is 25.7 Å². The monoisotopic (exact) mass is 222 g/mol. The standard InChI is InChI=1S/C8H18N2O3S/c1-2-14(11,12)10-5-4-9-8-3-6-13-7-8/h8-10H,2-7H2,1H3. The second-order valence-corrected chi connectivity index (χ2v) is 5.41. The van der Waals surface area contributed by atoms with Gasteiger partial charge < -0.3 is 10.1 Å². The minimum absolute atomic E-state index is 0.138. The summed E-state index contributed by atoms with van der Waals surface area (Å²) in [6.07, 6.45) is 1.01. The molecule has 1 aliphatic heterocycles. The molecule has 1 saturated heterocycles. The number of ether oxygens (including phenoxy) is 1. The van der Waals surface area contributed by atoms with Crippen LogP contribution in [0.15, 0.2) is 0 Å². The summed E-state index contributed by atoms with van der Waals surface area (Å²) in [5.74, 6) is 0.138. The van der Waals surface area contributed by atoms with Crippen LogP contribution in [0.1, 0.15) is 13.3 Å². The van der Waals surface area contributed by atoms with Gasteiger partial charge in [0.2, 0.25) is 10.0 Å². The highest BCUT2D eigenvalue weighted by Crippen LogP contribution is 2.01. The zero-order chi connectivity index (χ0) is 10.4. The maximum atomic E-state index is 11.0. The molecule has 1 aliphatic rings. The zero-order valence-electron chi connectivity index (χ0n) is 8.45. The van der Waals surface area contributed by atoms with Crippen LogP contribution >= 0.6 is 0 Å². The Balaban J connectivity index is 2.04. The Bertz CT molecular complexity index is 247. The number of hydrogen-bond donors (Lipinski definition) is 2. The van der Waals surface area contributed by atoms with Crippen molar-refractivity contribution in [2.24, 2.45) is 0 Å². The van der Waals surface area contributed by atoms with Gasteiger partial charge in [-0.2, -0.15) is 0 Å². The van der Waals surface area contributed by atoms with E-state index in [9.17, 15) is 8.42 Å². The van der Waals surface area contributed by atoms with Crippen molar-refractivity contribution in [1.82, 2.24) is 10.0 Å². The Hall–Kier alpha value is -0.170. The maximum Gasteiger partial charge on any atom is 0.211 e. The van der Waals surface area contributed by atoms with Gasteiger partial charge in [0.25, 0.3) is 0 Å². The van der Waals surface area contributed by atoms with Crippen molar-refractivity contribution in [2.75, 3.05) is 32.1 Å². The first-order valence-corrected chi connectivity index (χ1v) is 6.58. The van der Waals surface area contributed by atoms with Gasteiger partial charge in [0.1, 0.15) is 0 Å². The number of sulfonamides is 1. The summed E-state index contributed by atoms with van der Waals surface area (Å²) in [7, 11) is -3.04. The first-order valence-electron chi connectivity index (χ1n) is 4.92. The zero-order valence-corrected chi connectivity index (χ0v) is 9.27. The maximum absolute atomic E-state index is 11.0. The van der Waals surface area contributed by atoms with Crippen molar-refractivity contribution in [3.05, 3.63) is 0 Å². The lowest BCUT2D eigenvalue weighted by molar-refractivity contribution is 0.190. The Labute approximate surface area is 85.3 Å². The molecule has 1 rings (SSSR count). The van der Waals surface area contributed by atoms with E-state index in [2.05, 4.69) is 10.0 Å². The Kier molecular flexibility index (Phi) is 4.80. The summed E-state index contributed by atoms with van der Waals surface area (Å²) in [5, 5.41) is 3.23. The van der Waals surface area contributed by atoms with E-state index in [4.69, 9.17) is 4.74 Å². The molecule has 0 radical (unpaired) electrons. The first kappa shape index (κ1) is 11.9. The lowest BCUT2D eigenvalue weighted by Crippen LogP contribution is -2.37. The average Bonchev–Trinajstić information content (AvgIpc) is 2.65. The Morgan fingerprint density at radius 2 is 2.21 bits per heavy atom. The number of hydrogen-bond acceptors (Lipinski definition) is 4. The van der Waals surface area contributed by atoms with Gasteiger partial charge in [-0.05, 0) is 13.3 Å². The van der Waals surface area contributed by atoms with Crippen molar-refractivity contribution in [3.63, 3.8) is 0 Å². The molecule has 6 heteroatoms. The first-order chi connectivity index (χ1) is 6.64. The highest BCUT2D eigenvalue weighted by molar-refractivity contribution is 7.89. The van der Waals surface area contributed by atoms with Crippen LogP contribution in [0.3, 0.4) is 0 Å². The summed E-state index contributed by atoms with van der Waals surface area (Å²) in [5.41, 5.74) is 0. The Morgan fingerprint density at radius 3 is 2.79 bits per heavy atom. The van der Waals surface area contributed by atoms with Gasteiger partial charge in [0.05, 0.1) is 12.4 Å². The molecule has 0 saturated carbocycles. The molecule has 84 valence electrons. The summed E-state index contributed by atoms with van der Waals surface area (Å²) >= 11 is 0. The molecule has 1 heterocycles. The van der Waals surface area contributed by atoms with Crippen LogP contribution in [0.2, 0.25) is 0 Å². The van der Waals surface area contributed by atoms with E-state index in [0.29, 0.717) is 19.1 Å². The van der Waals surface area contributed by atoms with Crippen LogP contribution in [0.4, 0.5) is 0 Å². The summed E-state index contributed by atoms with van der Waals surface area (Å²) in [6, 6.07) is 0.390. The van der Waals surface area contributed by atoms with E-state index in [-0.39, 0.29) is 5.75 Å². The summed E-state index contributed by atoms with van der Waals surface area (Å²) in [6.45, 7) is 4.28. The molecule has 0 aromatic rings. The van der Waals surface area contributed by atoms with Gasteiger partial charge in [-0.3, -0.25) is 0 Å². The second kappa shape index (κ2) is 5.65. The fourth-order valence-electron chi connectivity index (χ4n) is 1.28. The molecule has 0 amide bonds.